The topological polar surface area (TPSA) is 9.23 Å². The summed E-state index contributed by atoms with van der Waals surface area (Å²) in [6.45, 7) is 12.0. The molecule has 0 saturated heterocycles. The molecule has 0 aliphatic rings. The van der Waals surface area contributed by atoms with E-state index in [-0.39, 0.29) is 0 Å². The summed E-state index contributed by atoms with van der Waals surface area (Å²) in [5, 5.41) is 0. The van der Waals surface area contributed by atoms with Gasteiger partial charge in [0, 0.05) is 6.10 Å². The lowest BCUT2D eigenvalue weighted by Gasteiger charge is -2.26. The van der Waals surface area contributed by atoms with E-state index in [1.165, 1.54) is 6.42 Å². The second-order valence-corrected chi connectivity index (χ2v) is 8.93. The van der Waals surface area contributed by atoms with Gasteiger partial charge in [-0.3, -0.25) is 0 Å². The maximum absolute atomic E-state index is 6.13. The van der Waals surface area contributed by atoms with Crippen LogP contribution in [0.3, 0.4) is 0 Å². The number of allylic oxidation sites excluding steroid dienone is 1. The van der Waals surface area contributed by atoms with E-state index in [0.717, 1.165) is 19.3 Å². The van der Waals surface area contributed by atoms with Crippen LogP contribution in [-0.4, -0.2) is 14.4 Å². The third-order valence-corrected chi connectivity index (χ3v) is 4.81. The average Bonchev–Trinajstić information content (AvgIpc) is 2.24. The minimum atomic E-state index is -1.65. The Labute approximate surface area is 115 Å². The van der Waals surface area contributed by atoms with Crippen LogP contribution in [0.1, 0.15) is 25.7 Å². The van der Waals surface area contributed by atoms with E-state index in [4.69, 9.17) is 4.43 Å². The molecule has 0 aromatic carbocycles. The van der Waals surface area contributed by atoms with Gasteiger partial charge in [-0.25, -0.2) is 0 Å². The molecule has 0 aliphatic carbocycles. The number of rotatable bonds is 9. The predicted octanol–water partition coefficient (Wildman–Crippen LogP) is 5.00. The molecule has 1 unspecified atom stereocenters. The van der Waals surface area contributed by atoms with Gasteiger partial charge in [-0.1, -0.05) is 40.4 Å². The van der Waals surface area contributed by atoms with Gasteiger partial charge >= 0.3 is 0 Å². The van der Waals surface area contributed by atoms with Crippen LogP contribution in [-0.2, 0) is 4.43 Å². The SMILES string of the molecule is C=CCC(CCC/C=C\I)O[Si](C)(C)C=C. The van der Waals surface area contributed by atoms with Crippen LogP contribution in [0, 0.1) is 0 Å². The van der Waals surface area contributed by atoms with Gasteiger partial charge in [0.1, 0.15) is 0 Å². The standard InChI is InChI=1S/C13H23IOSi/c1-5-10-13(11-8-7-9-12-14)15-16(3,4)6-2/h5-6,9,12-13H,1-2,7-8,10-11H2,3-4H3/b12-9-. The predicted molar refractivity (Wildman–Crippen MR) is 84.4 cm³/mol. The van der Waals surface area contributed by atoms with Crippen molar-refractivity contribution in [3.63, 3.8) is 0 Å². The van der Waals surface area contributed by atoms with Gasteiger partial charge in [-0.05, 0) is 42.9 Å². The van der Waals surface area contributed by atoms with E-state index in [9.17, 15) is 0 Å². The highest BCUT2D eigenvalue weighted by atomic mass is 127. The molecule has 1 nitrogen and oxygen atoms in total. The van der Waals surface area contributed by atoms with Crippen LogP contribution < -0.4 is 0 Å². The molecule has 16 heavy (non-hydrogen) atoms. The summed E-state index contributed by atoms with van der Waals surface area (Å²) in [7, 11) is -1.65. The molecular weight excluding hydrogens is 327 g/mol. The Balaban J connectivity index is 4.06. The first-order valence-electron chi connectivity index (χ1n) is 5.73. The molecule has 0 aromatic heterocycles. The molecule has 0 radical (unpaired) electrons. The molecule has 0 aromatic rings. The molecule has 3 heteroatoms. The average molecular weight is 350 g/mol. The molecule has 0 amide bonds. The van der Waals surface area contributed by atoms with Gasteiger partial charge in [0.25, 0.3) is 0 Å². The lowest BCUT2D eigenvalue weighted by Crippen LogP contribution is -2.33. The first-order chi connectivity index (χ1) is 7.55. The molecule has 0 heterocycles. The summed E-state index contributed by atoms with van der Waals surface area (Å²) in [6, 6.07) is 0. The summed E-state index contributed by atoms with van der Waals surface area (Å²) in [6.07, 6.45) is 8.83. The van der Waals surface area contributed by atoms with Crippen molar-refractivity contribution >= 4 is 30.9 Å². The number of hydrogen-bond acceptors (Lipinski definition) is 1. The number of unbranched alkanes of at least 4 members (excludes halogenated alkanes) is 1. The van der Waals surface area contributed by atoms with E-state index in [2.05, 4.69) is 59.0 Å². The highest BCUT2D eigenvalue weighted by molar-refractivity contribution is 14.1. The lowest BCUT2D eigenvalue weighted by atomic mass is 10.1. The Morgan fingerprint density at radius 3 is 2.56 bits per heavy atom. The van der Waals surface area contributed by atoms with Crippen LogP contribution in [0.25, 0.3) is 0 Å². The Hall–Kier alpha value is 0.127. The first kappa shape index (κ1) is 16.1. The molecular formula is C13H23IOSi. The van der Waals surface area contributed by atoms with Crippen LogP contribution >= 0.6 is 22.6 Å². The van der Waals surface area contributed by atoms with Crippen molar-refractivity contribution in [2.45, 2.75) is 44.9 Å². The molecule has 0 bridgehead atoms. The van der Waals surface area contributed by atoms with Crippen molar-refractivity contribution < 1.29 is 4.43 Å². The van der Waals surface area contributed by atoms with E-state index in [1.807, 2.05) is 11.8 Å². The molecule has 92 valence electrons. The molecule has 0 spiro atoms. The summed E-state index contributed by atoms with van der Waals surface area (Å²) >= 11 is 2.25. The van der Waals surface area contributed by atoms with Gasteiger partial charge < -0.3 is 4.43 Å². The fourth-order valence-electron chi connectivity index (χ4n) is 1.41. The lowest BCUT2D eigenvalue weighted by molar-refractivity contribution is 0.186. The van der Waals surface area contributed by atoms with Gasteiger partial charge in [0.05, 0.1) is 0 Å². The molecule has 0 saturated carbocycles. The second-order valence-electron chi connectivity index (χ2n) is 4.36. The fraction of sp³-hybridized carbons (Fsp3) is 0.538. The van der Waals surface area contributed by atoms with E-state index >= 15 is 0 Å². The molecule has 0 rings (SSSR count). The van der Waals surface area contributed by atoms with Crippen LogP contribution in [0.5, 0.6) is 0 Å². The second kappa shape index (κ2) is 9.19. The van der Waals surface area contributed by atoms with Crippen molar-refractivity contribution in [2.75, 3.05) is 0 Å². The molecule has 0 fully saturated rings. The third-order valence-electron chi connectivity index (χ3n) is 2.38. The maximum Gasteiger partial charge on any atom is 0.210 e. The summed E-state index contributed by atoms with van der Waals surface area (Å²) in [4.78, 5) is 0. The molecule has 0 aliphatic heterocycles. The minimum Gasteiger partial charge on any atom is -0.410 e. The number of halogens is 1. The van der Waals surface area contributed by atoms with Crippen LogP contribution in [0.2, 0.25) is 13.1 Å². The van der Waals surface area contributed by atoms with Crippen molar-refractivity contribution in [2.24, 2.45) is 0 Å². The zero-order chi connectivity index (χ0) is 12.4. The monoisotopic (exact) mass is 350 g/mol. The normalized spacial score (nSPS) is 13.9. The Morgan fingerprint density at radius 2 is 2.06 bits per heavy atom. The first-order valence-corrected chi connectivity index (χ1v) is 9.96. The van der Waals surface area contributed by atoms with Crippen molar-refractivity contribution in [1.29, 1.82) is 0 Å². The molecule has 0 N–H and O–H groups in total. The Kier molecular flexibility index (Phi) is 9.26. The number of hydrogen-bond donors (Lipinski definition) is 0. The van der Waals surface area contributed by atoms with Gasteiger partial charge in [0.2, 0.25) is 8.32 Å². The zero-order valence-corrected chi connectivity index (χ0v) is 13.6. The highest BCUT2D eigenvalue weighted by Crippen LogP contribution is 2.17. The van der Waals surface area contributed by atoms with Gasteiger partial charge in [-0.15, -0.1) is 13.2 Å². The summed E-state index contributed by atoms with van der Waals surface area (Å²) in [5.74, 6) is 0. The third kappa shape index (κ3) is 8.30. The smallest absolute Gasteiger partial charge is 0.210 e. The summed E-state index contributed by atoms with van der Waals surface area (Å²) < 4.78 is 8.20. The largest absolute Gasteiger partial charge is 0.410 e. The van der Waals surface area contributed by atoms with Gasteiger partial charge in [-0.2, -0.15) is 0 Å². The van der Waals surface area contributed by atoms with Crippen molar-refractivity contribution in [3.05, 3.63) is 35.1 Å². The Morgan fingerprint density at radius 1 is 1.38 bits per heavy atom. The quantitative estimate of drug-likeness (QED) is 0.246. The van der Waals surface area contributed by atoms with E-state index in [0.29, 0.717) is 6.10 Å². The van der Waals surface area contributed by atoms with Crippen LogP contribution in [0.4, 0.5) is 0 Å². The van der Waals surface area contributed by atoms with Crippen molar-refractivity contribution in [1.82, 2.24) is 0 Å². The molecule has 1 atom stereocenters. The van der Waals surface area contributed by atoms with Crippen molar-refractivity contribution in [3.8, 4) is 0 Å². The van der Waals surface area contributed by atoms with E-state index < -0.39 is 8.32 Å². The Bertz CT molecular complexity index is 236. The fourth-order valence-corrected chi connectivity index (χ4v) is 2.94. The maximum atomic E-state index is 6.13. The van der Waals surface area contributed by atoms with Gasteiger partial charge in [0.15, 0.2) is 0 Å². The summed E-state index contributed by atoms with van der Waals surface area (Å²) in [5.41, 5.74) is 1.99. The minimum absolute atomic E-state index is 0.319. The van der Waals surface area contributed by atoms with Crippen LogP contribution in [0.15, 0.2) is 35.1 Å². The zero-order valence-electron chi connectivity index (χ0n) is 10.4. The highest BCUT2D eigenvalue weighted by Gasteiger charge is 2.22. The van der Waals surface area contributed by atoms with E-state index in [1.54, 1.807) is 0 Å².